The highest BCUT2D eigenvalue weighted by Gasteiger charge is 2.14. The number of likely N-dealkylation sites (tertiary alicyclic amines) is 1. The highest BCUT2D eigenvalue weighted by Crippen LogP contribution is 2.10. The lowest BCUT2D eigenvalue weighted by Gasteiger charge is -2.21. The van der Waals surface area contributed by atoms with Gasteiger partial charge >= 0.3 is 0 Å². The Morgan fingerprint density at radius 1 is 1.17 bits per heavy atom. The van der Waals surface area contributed by atoms with E-state index in [1.807, 2.05) is 0 Å². The second kappa shape index (κ2) is 6.91. The Kier molecular flexibility index (Phi) is 5.21. The summed E-state index contributed by atoms with van der Waals surface area (Å²) in [5.74, 6) is 0. The molecule has 18 heavy (non-hydrogen) atoms. The molecule has 2 rings (SSSR count). The molecule has 1 N–H and O–H groups in total. The third-order valence-electron chi connectivity index (χ3n) is 3.87. The molecular weight excluding hydrogens is 220 g/mol. The van der Waals surface area contributed by atoms with Gasteiger partial charge in [0.2, 0.25) is 0 Å². The van der Waals surface area contributed by atoms with Crippen LogP contribution in [0.15, 0.2) is 24.3 Å². The van der Waals surface area contributed by atoms with Gasteiger partial charge in [0, 0.05) is 19.1 Å². The summed E-state index contributed by atoms with van der Waals surface area (Å²) in [6.45, 7) is 9.29. The van der Waals surface area contributed by atoms with Gasteiger partial charge in [-0.2, -0.15) is 0 Å². The number of hydrogen-bond donors (Lipinski definition) is 1. The van der Waals surface area contributed by atoms with E-state index in [1.54, 1.807) is 0 Å². The van der Waals surface area contributed by atoms with Gasteiger partial charge < -0.3 is 10.2 Å². The Labute approximate surface area is 111 Å². The molecule has 1 fully saturated rings. The maximum absolute atomic E-state index is 3.66. The van der Waals surface area contributed by atoms with Crippen LogP contribution >= 0.6 is 0 Å². The smallest absolute Gasteiger partial charge is 0.0211 e. The van der Waals surface area contributed by atoms with E-state index in [4.69, 9.17) is 0 Å². The van der Waals surface area contributed by atoms with Gasteiger partial charge in [0.1, 0.15) is 0 Å². The van der Waals surface area contributed by atoms with E-state index in [0.29, 0.717) is 6.04 Å². The van der Waals surface area contributed by atoms with Crippen LogP contribution in [0.5, 0.6) is 0 Å². The Bertz CT molecular complexity index is 356. The van der Waals surface area contributed by atoms with Crippen LogP contribution in [-0.4, -0.2) is 30.6 Å². The van der Waals surface area contributed by atoms with E-state index in [0.717, 1.165) is 13.0 Å². The van der Waals surface area contributed by atoms with Gasteiger partial charge in [-0.15, -0.1) is 0 Å². The third kappa shape index (κ3) is 3.82. The number of nitrogens with zero attached hydrogens (tertiary/aromatic N) is 1. The maximum atomic E-state index is 3.66. The zero-order valence-corrected chi connectivity index (χ0v) is 11.8. The van der Waals surface area contributed by atoms with Crippen LogP contribution in [-0.2, 0) is 13.0 Å². The summed E-state index contributed by atoms with van der Waals surface area (Å²) in [6, 6.07) is 9.33. The number of aryl methyl sites for hydroxylation is 1. The molecule has 1 unspecified atom stereocenters. The van der Waals surface area contributed by atoms with Crippen molar-refractivity contribution in [3.05, 3.63) is 35.4 Å². The molecule has 1 atom stereocenters. The Morgan fingerprint density at radius 2 is 1.83 bits per heavy atom. The average molecular weight is 246 g/mol. The first-order chi connectivity index (χ1) is 8.79. The molecule has 0 saturated carbocycles. The van der Waals surface area contributed by atoms with Crippen molar-refractivity contribution in [3.63, 3.8) is 0 Å². The third-order valence-corrected chi connectivity index (χ3v) is 3.87. The van der Waals surface area contributed by atoms with Crippen LogP contribution in [0.25, 0.3) is 0 Å². The van der Waals surface area contributed by atoms with E-state index < -0.39 is 0 Å². The standard InChI is InChI=1S/C16H26N2/c1-3-15-8-4-5-9-16(15)12-17-14(2)13-18-10-6-7-11-18/h4-5,8-9,14,17H,3,6-7,10-13H2,1-2H3. The van der Waals surface area contributed by atoms with Crippen LogP contribution in [0.2, 0.25) is 0 Å². The monoisotopic (exact) mass is 246 g/mol. The summed E-state index contributed by atoms with van der Waals surface area (Å²) in [5, 5.41) is 3.66. The van der Waals surface area contributed by atoms with Gasteiger partial charge in [0.25, 0.3) is 0 Å². The van der Waals surface area contributed by atoms with Crippen LogP contribution in [0.1, 0.15) is 37.8 Å². The van der Waals surface area contributed by atoms with Crippen LogP contribution in [0.4, 0.5) is 0 Å². The van der Waals surface area contributed by atoms with Gasteiger partial charge in [-0.1, -0.05) is 31.2 Å². The molecule has 100 valence electrons. The second-order valence-corrected chi connectivity index (χ2v) is 5.41. The second-order valence-electron chi connectivity index (χ2n) is 5.41. The van der Waals surface area contributed by atoms with Gasteiger partial charge in [0.15, 0.2) is 0 Å². The first-order valence-corrected chi connectivity index (χ1v) is 7.32. The molecule has 0 aromatic heterocycles. The van der Waals surface area contributed by atoms with E-state index in [2.05, 4.69) is 48.3 Å². The Hall–Kier alpha value is -0.860. The largest absolute Gasteiger partial charge is 0.309 e. The highest BCUT2D eigenvalue weighted by molar-refractivity contribution is 5.26. The zero-order valence-electron chi connectivity index (χ0n) is 11.8. The molecule has 0 amide bonds. The van der Waals surface area contributed by atoms with Gasteiger partial charge in [-0.3, -0.25) is 0 Å². The Morgan fingerprint density at radius 3 is 2.50 bits per heavy atom. The van der Waals surface area contributed by atoms with E-state index in [-0.39, 0.29) is 0 Å². The van der Waals surface area contributed by atoms with Crippen molar-refractivity contribution in [1.29, 1.82) is 0 Å². The van der Waals surface area contributed by atoms with Crippen molar-refractivity contribution in [2.45, 2.75) is 45.7 Å². The minimum atomic E-state index is 0.577. The molecule has 2 nitrogen and oxygen atoms in total. The molecule has 0 bridgehead atoms. The summed E-state index contributed by atoms with van der Waals surface area (Å²) in [6.07, 6.45) is 3.88. The molecule has 0 spiro atoms. The van der Waals surface area contributed by atoms with Crippen molar-refractivity contribution < 1.29 is 0 Å². The van der Waals surface area contributed by atoms with Crippen molar-refractivity contribution in [1.82, 2.24) is 10.2 Å². The van der Waals surface area contributed by atoms with Crippen LogP contribution < -0.4 is 5.32 Å². The van der Waals surface area contributed by atoms with E-state index >= 15 is 0 Å². The molecule has 1 aromatic rings. The predicted octanol–water partition coefficient (Wildman–Crippen LogP) is 2.82. The van der Waals surface area contributed by atoms with E-state index in [1.165, 1.54) is 43.6 Å². The van der Waals surface area contributed by atoms with Gasteiger partial charge in [0.05, 0.1) is 0 Å². The number of benzene rings is 1. The van der Waals surface area contributed by atoms with Gasteiger partial charge in [-0.05, 0) is 50.4 Å². The molecule has 1 aliphatic rings. The molecule has 0 aliphatic carbocycles. The predicted molar refractivity (Wildman–Crippen MR) is 77.8 cm³/mol. The lowest BCUT2D eigenvalue weighted by Crippen LogP contribution is -2.37. The normalized spacial score (nSPS) is 18.1. The van der Waals surface area contributed by atoms with Crippen molar-refractivity contribution in [3.8, 4) is 0 Å². The molecule has 0 radical (unpaired) electrons. The highest BCUT2D eigenvalue weighted by atomic mass is 15.2. The molecule has 1 heterocycles. The summed E-state index contributed by atoms with van der Waals surface area (Å²) in [4.78, 5) is 2.57. The fourth-order valence-electron chi connectivity index (χ4n) is 2.78. The van der Waals surface area contributed by atoms with Crippen LogP contribution in [0.3, 0.4) is 0 Å². The summed E-state index contributed by atoms with van der Waals surface area (Å²) in [7, 11) is 0. The lowest BCUT2D eigenvalue weighted by molar-refractivity contribution is 0.298. The fraction of sp³-hybridized carbons (Fsp3) is 0.625. The molecule has 1 aromatic carbocycles. The minimum Gasteiger partial charge on any atom is -0.309 e. The maximum Gasteiger partial charge on any atom is 0.0211 e. The summed E-state index contributed by atoms with van der Waals surface area (Å²) < 4.78 is 0. The fourth-order valence-corrected chi connectivity index (χ4v) is 2.78. The first kappa shape index (κ1) is 13.6. The molecule has 1 aliphatic heterocycles. The molecular formula is C16H26N2. The van der Waals surface area contributed by atoms with Crippen molar-refractivity contribution in [2.75, 3.05) is 19.6 Å². The topological polar surface area (TPSA) is 15.3 Å². The zero-order chi connectivity index (χ0) is 12.8. The SMILES string of the molecule is CCc1ccccc1CNC(C)CN1CCCC1. The Balaban J connectivity index is 1.79. The lowest BCUT2D eigenvalue weighted by atomic mass is 10.1. The summed E-state index contributed by atoms with van der Waals surface area (Å²) in [5.41, 5.74) is 2.92. The molecule has 1 saturated heterocycles. The number of hydrogen-bond acceptors (Lipinski definition) is 2. The first-order valence-electron chi connectivity index (χ1n) is 7.32. The average Bonchev–Trinajstić information content (AvgIpc) is 2.89. The van der Waals surface area contributed by atoms with Crippen LogP contribution in [0, 0.1) is 0 Å². The number of nitrogens with one attached hydrogen (secondary N) is 1. The molecule has 2 heteroatoms. The van der Waals surface area contributed by atoms with Gasteiger partial charge in [-0.25, -0.2) is 0 Å². The van der Waals surface area contributed by atoms with E-state index in [9.17, 15) is 0 Å². The minimum absolute atomic E-state index is 0.577. The number of rotatable bonds is 6. The van der Waals surface area contributed by atoms with Crippen molar-refractivity contribution >= 4 is 0 Å². The quantitative estimate of drug-likeness (QED) is 0.830. The van der Waals surface area contributed by atoms with Crippen molar-refractivity contribution in [2.24, 2.45) is 0 Å². The summed E-state index contributed by atoms with van der Waals surface area (Å²) >= 11 is 0.